The average Bonchev–Trinajstić information content (AvgIpc) is 4.06. The third kappa shape index (κ3) is 10.7. The van der Waals surface area contributed by atoms with Crippen LogP contribution in [0.4, 0.5) is 0 Å². The van der Waals surface area contributed by atoms with E-state index in [-0.39, 0.29) is 42.1 Å². The van der Waals surface area contributed by atoms with Crippen molar-refractivity contribution in [2.45, 2.75) is 0 Å². The van der Waals surface area contributed by atoms with Crippen molar-refractivity contribution in [2.24, 2.45) is 0 Å². The van der Waals surface area contributed by atoms with Gasteiger partial charge in [0.1, 0.15) is 0 Å². The second kappa shape index (κ2) is 21.8. The summed E-state index contributed by atoms with van der Waals surface area (Å²) < 4.78 is 16.2. The van der Waals surface area contributed by atoms with Crippen LogP contribution in [0.2, 0.25) is 0 Å². The van der Waals surface area contributed by atoms with Gasteiger partial charge in [0.15, 0.2) is 0 Å². The molecule has 0 fully saturated rings. The van der Waals surface area contributed by atoms with Gasteiger partial charge in [0.2, 0.25) is 11.8 Å². The Morgan fingerprint density at radius 2 is 0.823 bits per heavy atom. The molecular formula is C52H30N6O2Pt2-6. The predicted octanol–water partition coefficient (Wildman–Crippen LogP) is 11.1. The van der Waals surface area contributed by atoms with Gasteiger partial charge in [-0.15, -0.1) is 22.9 Å². The van der Waals surface area contributed by atoms with Crippen molar-refractivity contribution in [2.75, 3.05) is 0 Å². The van der Waals surface area contributed by atoms with Crippen LogP contribution >= 0.6 is 0 Å². The molecule has 10 rings (SSSR count). The monoisotopic (exact) mass is 1160 g/mol. The number of hydrogen-bond donors (Lipinski definition) is 0. The van der Waals surface area contributed by atoms with Crippen LogP contribution in [0.3, 0.4) is 0 Å². The molecule has 0 amide bonds. The molecule has 0 atom stereocenters. The molecule has 8 nitrogen and oxygen atoms in total. The first-order chi connectivity index (χ1) is 29.7. The van der Waals surface area contributed by atoms with Crippen LogP contribution in [0.5, 0.6) is 23.3 Å². The molecule has 4 aromatic carbocycles. The zero-order valence-corrected chi connectivity index (χ0v) is 37.0. The van der Waals surface area contributed by atoms with Crippen molar-refractivity contribution in [1.82, 2.24) is 29.1 Å². The van der Waals surface area contributed by atoms with Crippen molar-refractivity contribution in [3.63, 3.8) is 0 Å². The van der Waals surface area contributed by atoms with Crippen molar-refractivity contribution < 1.29 is 51.6 Å². The summed E-state index contributed by atoms with van der Waals surface area (Å²) in [6.45, 7) is 0. The summed E-state index contributed by atoms with van der Waals surface area (Å²) in [5.41, 5.74) is 4.84. The largest absolute Gasteiger partial charge is 0.669 e. The van der Waals surface area contributed by atoms with Gasteiger partial charge in [0.05, 0.1) is 0 Å². The van der Waals surface area contributed by atoms with E-state index >= 15 is 0 Å². The SMILES string of the molecule is [C-]#Cn1cccc1.[C-]#Cn1cccc1.[Pt].[Pt].[c-]1c(-c2[c-]c(Oc3ncccc3-c3ccncc3)c3ccccc3[c-]2)[c-]c2ccccc2c1Oc1ncccc1-c1ccncc1. The van der Waals surface area contributed by atoms with Gasteiger partial charge in [-0.05, 0) is 83.9 Å². The smallest absolute Gasteiger partial charge is 0.223 e. The summed E-state index contributed by atoms with van der Waals surface area (Å²) in [5, 5.41) is 3.42. The minimum absolute atomic E-state index is 0. The average molecular weight is 1160 g/mol. The first kappa shape index (κ1) is 44.2. The molecule has 0 saturated carbocycles. The minimum Gasteiger partial charge on any atom is -0.669 e. The molecule has 6 heterocycles. The van der Waals surface area contributed by atoms with E-state index < -0.39 is 0 Å². The molecule has 0 aliphatic carbocycles. The number of rotatable bonds is 7. The summed E-state index contributed by atoms with van der Waals surface area (Å²) >= 11 is 0. The van der Waals surface area contributed by atoms with E-state index in [1.165, 1.54) is 0 Å². The van der Waals surface area contributed by atoms with Crippen molar-refractivity contribution >= 4 is 21.5 Å². The van der Waals surface area contributed by atoms with Crippen molar-refractivity contribution in [1.29, 1.82) is 0 Å². The van der Waals surface area contributed by atoms with Gasteiger partial charge < -0.3 is 66.8 Å². The third-order valence-electron chi connectivity index (χ3n) is 8.98. The van der Waals surface area contributed by atoms with E-state index in [9.17, 15) is 0 Å². The Kier molecular flexibility index (Phi) is 15.5. The van der Waals surface area contributed by atoms with Crippen LogP contribution in [0.1, 0.15) is 0 Å². The molecule has 10 heteroatoms. The van der Waals surface area contributed by atoms with Crippen LogP contribution in [-0.2, 0) is 42.1 Å². The molecule has 0 aliphatic rings. The van der Waals surface area contributed by atoms with Gasteiger partial charge >= 0.3 is 0 Å². The molecule has 6 aromatic heterocycles. The Hall–Kier alpha value is -7.34. The van der Waals surface area contributed by atoms with Gasteiger partial charge in [-0.3, -0.25) is 9.97 Å². The summed E-state index contributed by atoms with van der Waals surface area (Å²) in [6.07, 6.45) is 30.6. The quantitative estimate of drug-likeness (QED) is 0.117. The fraction of sp³-hybridized carbons (Fsp3) is 0. The molecule has 0 N–H and O–H groups in total. The Balaban J connectivity index is 0.000000341. The number of hydrogen-bond acceptors (Lipinski definition) is 6. The standard InChI is InChI=1S/C40H22N4O2.2C6H4N.2Pt/c1-3-9-33-29(7-1)23-31(25-37(33)45-39-35(11-5-17-43-39)27-13-19-41-20-14-27)32-24-30-8-2-4-10-34(30)38(26-32)46-40-36(12-6-18-44-40)28-15-21-42-22-16-28;2*1-2-7-5-3-4-6-7;;/h1-22H;2*3-6H;;/q-4;2*-1;;. The van der Waals surface area contributed by atoms with E-state index in [0.29, 0.717) is 34.4 Å². The Labute approximate surface area is 388 Å². The van der Waals surface area contributed by atoms with Crippen LogP contribution in [-0.4, -0.2) is 29.1 Å². The maximum absolute atomic E-state index is 6.57. The number of ether oxygens (including phenoxy) is 2. The summed E-state index contributed by atoms with van der Waals surface area (Å²) in [7, 11) is 0. The summed E-state index contributed by atoms with van der Waals surface area (Å²) in [4.78, 5) is 17.5. The summed E-state index contributed by atoms with van der Waals surface area (Å²) in [5.74, 6) is 1.95. The van der Waals surface area contributed by atoms with Gasteiger partial charge in [0, 0.05) is 115 Å². The van der Waals surface area contributed by atoms with Crippen LogP contribution in [0.25, 0.3) is 54.9 Å². The van der Waals surface area contributed by atoms with Crippen LogP contribution in [0, 0.1) is 49.2 Å². The minimum atomic E-state index is 0. The normalized spacial score (nSPS) is 9.97. The molecular weight excluding hydrogens is 1130 g/mol. The van der Waals surface area contributed by atoms with Gasteiger partial charge in [0.25, 0.3) is 0 Å². The number of fused-ring (bicyclic) bond motifs is 2. The molecule has 0 unspecified atom stereocenters. The second-order valence-corrected chi connectivity index (χ2v) is 12.8. The Morgan fingerprint density at radius 1 is 0.435 bits per heavy atom. The zero-order valence-electron chi connectivity index (χ0n) is 32.5. The number of aromatic nitrogens is 6. The summed E-state index contributed by atoms with van der Waals surface area (Å²) in [6, 6.07) is 56.9. The maximum Gasteiger partial charge on any atom is 0.223 e. The number of benzene rings is 4. The van der Waals surface area contributed by atoms with Crippen molar-refractivity contribution in [3.8, 4) is 68.7 Å². The molecule has 62 heavy (non-hydrogen) atoms. The van der Waals surface area contributed by atoms with Crippen LogP contribution in [0.15, 0.2) is 183 Å². The van der Waals surface area contributed by atoms with Gasteiger partial charge in [-0.25, -0.2) is 32.8 Å². The van der Waals surface area contributed by atoms with E-state index in [2.05, 4.69) is 56.3 Å². The second-order valence-electron chi connectivity index (χ2n) is 12.8. The van der Waals surface area contributed by atoms with E-state index in [4.69, 9.17) is 22.3 Å². The molecule has 0 aliphatic heterocycles. The first-order valence-corrected chi connectivity index (χ1v) is 18.6. The third-order valence-corrected chi connectivity index (χ3v) is 8.98. The molecule has 306 valence electrons. The number of nitrogens with zero attached hydrogens (tertiary/aromatic N) is 6. The first-order valence-electron chi connectivity index (χ1n) is 18.6. The fourth-order valence-corrected chi connectivity index (χ4v) is 6.14. The molecule has 0 radical (unpaired) electrons. The van der Waals surface area contributed by atoms with E-state index in [0.717, 1.165) is 43.8 Å². The Bertz CT molecular complexity index is 2860. The molecule has 0 spiro atoms. The maximum atomic E-state index is 6.57. The molecule has 0 bridgehead atoms. The number of pyridine rings is 4. The molecule has 10 aromatic rings. The predicted molar refractivity (Wildman–Crippen MR) is 231 cm³/mol. The Morgan fingerprint density at radius 3 is 1.19 bits per heavy atom. The van der Waals surface area contributed by atoms with Gasteiger partial charge in [-0.2, -0.15) is 0 Å². The van der Waals surface area contributed by atoms with Crippen molar-refractivity contribution in [3.05, 3.63) is 220 Å². The molecule has 0 saturated heterocycles. The van der Waals surface area contributed by atoms with Gasteiger partial charge in [-0.1, -0.05) is 47.9 Å². The topological polar surface area (TPSA) is 79.9 Å². The van der Waals surface area contributed by atoms with E-state index in [1.54, 1.807) is 71.1 Å². The van der Waals surface area contributed by atoms with Crippen LogP contribution < -0.4 is 9.47 Å². The fourth-order valence-electron chi connectivity index (χ4n) is 6.14. The zero-order chi connectivity index (χ0) is 40.9. The van der Waals surface area contributed by atoms with E-state index in [1.807, 2.05) is 121 Å².